The van der Waals surface area contributed by atoms with Crippen molar-refractivity contribution >= 4 is 11.9 Å². The minimum absolute atomic E-state index is 0.0606. The molecule has 1 aromatic carbocycles. The van der Waals surface area contributed by atoms with E-state index in [0.29, 0.717) is 5.92 Å². The van der Waals surface area contributed by atoms with Crippen LogP contribution >= 0.6 is 0 Å². The van der Waals surface area contributed by atoms with Crippen LogP contribution in [0.2, 0.25) is 0 Å². The lowest BCUT2D eigenvalue weighted by atomic mass is 9.64. The van der Waals surface area contributed by atoms with Gasteiger partial charge in [0.2, 0.25) is 5.95 Å². The summed E-state index contributed by atoms with van der Waals surface area (Å²) in [6.07, 6.45) is 12.9. The first-order valence-corrected chi connectivity index (χ1v) is 11.6. The van der Waals surface area contributed by atoms with Gasteiger partial charge in [0, 0.05) is 23.9 Å². The van der Waals surface area contributed by atoms with E-state index in [2.05, 4.69) is 11.6 Å². The fourth-order valence-corrected chi connectivity index (χ4v) is 6.19. The second-order valence-corrected chi connectivity index (χ2v) is 9.15. The van der Waals surface area contributed by atoms with Gasteiger partial charge >= 0.3 is 0 Å². The Bertz CT molecular complexity index is 868. The highest BCUT2D eigenvalue weighted by atomic mass is 16.2. The monoisotopic (exact) mass is 392 g/mol. The maximum absolute atomic E-state index is 13.7. The summed E-state index contributed by atoms with van der Waals surface area (Å²) in [5.41, 5.74) is 0.813. The molecular formula is C24H32N4O. The maximum Gasteiger partial charge on any atom is 0.260 e. The van der Waals surface area contributed by atoms with Gasteiger partial charge in [-0.3, -0.25) is 9.69 Å². The number of fused-ring (bicyclic) bond motifs is 4. The van der Waals surface area contributed by atoms with Crippen molar-refractivity contribution in [2.24, 2.45) is 5.92 Å². The van der Waals surface area contributed by atoms with Gasteiger partial charge < -0.3 is 0 Å². The Kier molecular flexibility index (Phi) is 4.92. The minimum atomic E-state index is 0.0606. The molecule has 0 bridgehead atoms. The number of rotatable bonds is 3. The summed E-state index contributed by atoms with van der Waals surface area (Å²) in [7, 11) is 0. The Labute approximate surface area is 173 Å². The number of amides is 1. The van der Waals surface area contributed by atoms with Crippen LogP contribution in [0.5, 0.6) is 0 Å². The van der Waals surface area contributed by atoms with Crippen molar-refractivity contribution in [3.63, 3.8) is 0 Å². The number of nitrogens with zero attached hydrogens (tertiary/aromatic N) is 4. The lowest BCUT2D eigenvalue weighted by molar-refractivity contribution is 0.0311. The molecule has 2 aromatic rings. The van der Waals surface area contributed by atoms with Crippen LogP contribution in [0, 0.1) is 5.92 Å². The van der Waals surface area contributed by atoms with E-state index in [-0.39, 0.29) is 17.5 Å². The van der Waals surface area contributed by atoms with Crippen molar-refractivity contribution in [1.29, 1.82) is 0 Å². The lowest BCUT2D eigenvalue weighted by Crippen LogP contribution is -2.61. The Morgan fingerprint density at radius 2 is 1.83 bits per heavy atom. The fourth-order valence-electron chi connectivity index (χ4n) is 6.19. The van der Waals surface area contributed by atoms with Gasteiger partial charge in [-0.2, -0.15) is 10.1 Å². The highest BCUT2D eigenvalue weighted by Crippen LogP contribution is 2.52. The standard InChI is InChI=1S/C24H32N4O/c1-2-11-21-25-23-27(22(29)18-12-5-3-6-13-18)20-15-8-7-14-19(20)24(28(23)26-21)16-9-4-10-17-24/h3,5-6,12-13,19-20H,2,4,7-11,14-17H2,1H3/t19-,20+/m1/s1. The van der Waals surface area contributed by atoms with E-state index in [0.717, 1.165) is 36.6 Å². The number of hydrogen-bond acceptors (Lipinski definition) is 3. The molecule has 1 amide bonds. The molecule has 154 valence electrons. The Balaban J connectivity index is 1.66. The molecule has 1 aliphatic heterocycles. The van der Waals surface area contributed by atoms with Gasteiger partial charge in [0.05, 0.1) is 5.54 Å². The molecule has 29 heavy (non-hydrogen) atoms. The topological polar surface area (TPSA) is 51.0 Å². The molecule has 5 rings (SSSR count). The molecular weight excluding hydrogens is 360 g/mol. The van der Waals surface area contributed by atoms with Gasteiger partial charge in [-0.05, 0) is 44.2 Å². The molecule has 1 aromatic heterocycles. The largest absolute Gasteiger partial charge is 0.273 e. The van der Waals surface area contributed by atoms with Crippen LogP contribution in [0.4, 0.5) is 5.95 Å². The van der Waals surface area contributed by atoms with Gasteiger partial charge in [-0.1, -0.05) is 57.2 Å². The Hall–Kier alpha value is -2.17. The smallest absolute Gasteiger partial charge is 0.260 e. The number of carbonyl (C=O) groups is 1. The van der Waals surface area contributed by atoms with Crippen molar-refractivity contribution < 1.29 is 4.79 Å². The predicted octanol–water partition coefficient (Wildman–Crippen LogP) is 5.11. The molecule has 1 spiro atoms. The van der Waals surface area contributed by atoms with Crippen molar-refractivity contribution in [1.82, 2.24) is 14.8 Å². The molecule has 3 aliphatic rings. The number of carbonyl (C=O) groups excluding carboxylic acids is 1. The van der Waals surface area contributed by atoms with Crippen LogP contribution in [-0.2, 0) is 12.0 Å². The van der Waals surface area contributed by atoms with E-state index >= 15 is 0 Å². The van der Waals surface area contributed by atoms with Crippen LogP contribution in [-0.4, -0.2) is 26.7 Å². The third kappa shape index (κ3) is 3.01. The summed E-state index contributed by atoms with van der Waals surface area (Å²) in [6.45, 7) is 2.17. The van der Waals surface area contributed by atoms with Gasteiger partial charge in [0.1, 0.15) is 0 Å². The Morgan fingerprint density at radius 3 is 2.59 bits per heavy atom. The van der Waals surface area contributed by atoms with Crippen molar-refractivity contribution in [2.75, 3.05) is 4.90 Å². The first-order chi connectivity index (χ1) is 14.2. The average molecular weight is 393 g/mol. The zero-order valence-corrected chi connectivity index (χ0v) is 17.5. The zero-order chi connectivity index (χ0) is 19.8. The second kappa shape index (κ2) is 7.58. The molecule has 2 heterocycles. The van der Waals surface area contributed by atoms with E-state index in [1.165, 1.54) is 51.4 Å². The SMILES string of the molecule is CCCc1nc2n(n1)C1(CCCCC1)[C@@H]1CCCC[C@@H]1N2C(=O)c1ccccc1. The molecule has 0 radical (unpaired) electrons. The highest BCUT2D eigenvalue weighted by molar-refractivity contribution is 6.05. The molecule has 0 N–H and O–H groups in total. The molecule has 2 aliphatic carbocycles. The molecule has 5 nitrogen and oxygen atoms in total. The Morgan fingerprint density at radius 1 is 1.07 bits per heavy atom. The van der Waals surface area contributed by atoms with Gasteiger partial charge in [-0.25, -0.2) is 4.68 Å². The van der Waals surface area contributed by atoms with E-state index in [4.69, 9.17) is 10.1 Å². The molecule has 0 unspecified atom stereocenters. The lowest BCUT2D eigenvalue weighted by Gasteiger charge is -2.55. The highest BCUT2D eigenvalue weighted by Gasteiger charge is 2.55. The number of anilines is 1. The molecule has 5 heteroatoms. The van der Waals surface area contributed by atoms with Gasteiger partial charge in [-0.15, -0.1) is 0 Å². The van der Waals surface area contributed by atoms with Crippen LogP contribution in [0.3, 0.4) is 0 Å². The van der Waals surface area contributed by atoms with E-state index in [1.807, 2.05) is 35.2 Å². The molecule has 2 saturated carbocycles. The van der Waals surface area contributed by atoms with Crippen molar-refractivity contribution in [3.05, 3.63) is 41.7 Å². The summed E-state index contributed by atoms with van der Waals surface area (Å²) in [6, 6.07) is 9.98. The van der Waals surface area contributed by atoms with Crippen molar-refractivity contribution in [3.8, 4) is 0 Å². The third-order valence-corrected chi connectivity index (χ3v) is 7.46. The first kappa shape index (κ1) is 18.8. The van der Waals surface area contributed by atoms with E-state index in [9.17, 15) is 4.79 Å². The summed E-state index contributed by atoms with van der Waals surface area (Å²) in [4.78, 5) is 20.7. The van der Waals surface area contributed by atoms with Crippen LogP contribution in [0.15, 0.2) is 30.3 Å². The number of aryl methyl sites for hydroxylation is 1. The fraction of sp³-hybridized carbons (Fsp3) is 0.625. The summed E-state index contributed by atoms with van der Waals surface area (Å²) >= 11 is 0. The van der Waals surface area contributed by atoms with E-state index < -0.39 is 0 Å². The number of hydrogen-bond donors (Lipinski definition) is 0. The molecule has 0 saturated heterocycles. The summed E-state index contributed by atoms with van der Waals surface area (Å²) in [5.74, 6) is 2.29. The molecule has 2 atom stereocenters. The van der Waals surface area contributed by atoms with Crippen LogP contribution < -0.4 is 4.90 Å². The maximum atomic E-state index is 13.7. The third-order valence-electron chi connectivity index (χ3n) is 7.46. The number of benzene rings is 1. The normalized spacial score (nSPS) is 25.5. The van der Waals surface area contributed by atoms with Gasteiger partial charge in [0.25, 0.3) is 5.91 Å². The zero-order valence-electron chi connectivity index (χ0n) is 17.5. The quantitative estimate of drug-likeness (QED) is 0.729. The van der Waals surface area contributed by atoms with E-state index in [1.54, 1.807) is 0 Å². The summed E-state index contributed by atoms with van der Waals surface area (Å²) < 4.78 is 2.23. The average Bonchev–Trinajstić information content (AvgIpc) is 3.20. The van der Waals surface area contributed by atoms with Crippen molar-refractivity contribution in [2.45, 2.75) is 89.1 Å². The van der Waals surface area contributed by atoms with Crippen LogP contribution in [0.25, 0.3) is 0 Å². The van der Waals surface area contributed by atoms with Crippen LogP contribution in [0.1, 0.15) is 87.3 Å². The van der Waals surface area contributed by atoms with Gasteiger partial charge in [0.15, 0.2) is 5.82 Å². The summed E-state index contributed by atoms with van der Waals surface area (Å²) in [5, 5.41) is 5.05. The number of aromatic nitrogens is 3. The minimum Gasteiger partial charge on any atom is -0.273 e. The predicted molar refractivity (Wildman–Crippen MR) is 114 cm³/mol. The molecule has 2 fully saturated rings. The second-order valence-electron chi connectivity index (χ2n) is 9.15. The first-order valence-electron chi connectivity index (χ1n) is 11.6.